The number of nitrogens with one attached hydrogen (secondary N) is 1. The molecule has 3 rings (SSSR count). The maximum Gasteiger partial charge on any atom is 0.232 e. The number of halogens is 2. The van der Waals surface area contributed by atoms with Gasteiger partial charge in [0.2, 0.25) is 11.9 Å². The zero-order valence-corrected chi connectivity index (χ0v) is 13.9. The Morgan fingerprint density at radius 3 is 2.54 bits per heavy atom. The van der Waals surface area contributed by atoms with Crippen LogP contribution in [0.25, 0.3) is 0 Å². The Labute approximate surface area is 148 Å². The minimum absolute atomic E-state index is 0.0796. The Bertz CT molecular complexity index is 845. The van der Waals surface area contributed by atoms with Gasteiger partial charge in [-0.15, -0.1) is 0 Å². The van der Waals surface area contributed by atoms with E-state index in [1.165, 1.54) is 0 Å². The lowest BCUT2D eigenvalue weighted by Crippen LogP contribution is -2.09. The van der Waals surface area contributed by atoms with Crippen molar-refractivity contribution in [1.82, 2.24) is 15.0 Å². The van der Waals surface area contributed by atoms with Gasteiger partial charge in [0.05, 0.1) is 5.02 Å². The molecule has 1 aromatic heterocycles. The van der Waals surface area contributed by atoms with Gasteiger partial charge >= 0.3 is 0 Å². The number of rotatable bonds is 5. The summed E-state index contributed by atoms with van der Waals surface area (Å²) in [4.78, 5) is 12.4. The molecule has 0 radical (unpaired) electrons. The minimum Gasteiger partial charge on any atom is -0.484 e. The van der Waals surface area contributed by atoms with Gasteiger partial charge in [-0.1, -0.05) is 47.5 Å². The van der Waals surface area contributed by atoms with Gasteiger partial charge in [0.25, 0.3) is 0 Å². The number of nitrogen functional groups attached to an aromatic ring is 1. The molecule has 0 fully saturated rings. The predicted octanol–water partition coefficient (Wildman–Crippen LogP) is 4.08. The second kappa shape index (κ2) is 7.33. The highest BCUT2D eigenvalue weighted by Gasteiger charge is 2.09. The highest BCUT2D eigenvalue weighted by atomic mass is 35.5. The van der Waals surface area contributed by atoms with Crippen molar-refractivity contribution in [3.63, 3.8) is 0 Å². The van der Waals surface area contributed by atoms with Crippen LogP contribution in [0.5, 0.6) is 5.75 Å². The van der Waals surface area contributed by atoms with E-state index in [1.54, 1.807) is 18.2 Å². The number of ether oxygens (including phenoxy) is 1. The van der Waals surface area contributed by atoms with Gasteiger partial charge in [-0.25, -0.2) is 0 Å². The fourth-order valence-corrected chi connectivity index (χ4v) is 2.29. The smallest absolute Gasteiger partial charge is 0.232 e. The summed E-state index contributed by atoms with van der Waals surface area (Å²) in [6.07, 6.45) is 0. The number of para-hydroxylation sites is 1. The molecule has 0 saturated heterocycles. The summed E-state index contributed by atoms with van der Waals surface area (Å²) < 4.78 is 5.61. The summed E-state index contributed by atoms with van der Waals surface area (Å²) in [7, 11) is 0. The first-order chi connectivity index (χ1) is 11.6. The van der Waals surface area contributed by atoms with Crippen LogP contribution in [-0.4, -0.2) is 15.0 Å². The van der Waals surface area contributed by atoms with Crippen molar-refractivity contribution >= 4 is 40.8 Å². The summed E-state index contributed by atoms with van der Waals surface area (Å²) in [5, 5.41) is 3.81. The molecular formula is C16H13Cl2N5O. The van der Waals surface area contributed by atoms with Crippen molar-refractivity contribution in [3.8, 4) is 5.75 Å². The number of aromatic nitrogens is 3. The van der Waals surface area contributed by atoms with E-state index in [9.17, 15) is 0 Å². The van der Waals surface area contributed by atoms with E-state index < -0.39 is 0 Å². The first kappa shape index (κ1) is 16.3. The number of anilines is 3. The molecule has 3 N–H and O–H groups in total. The van der Waals surface area contributed by atoms with E-state index >= 15 is 0 Å². The van der Waals surface area contributed by atoms with Crippen LogP contribution >= 0.6 is 23.2 Å². The third kappa shape index (κ3) is 4.04. The molecule has 0 saturated carbocycles. The molecule has 0 amide bonds. The second-order valence-corrected chi connectivity index (χ2v) is 5.55. The summed E-state index contributed by atoms with van der Waals surface area (Å²) in [5.41, 5.74) is 6.57. The number of nitrogens with two attached hydrogens (primary N) is 1. The van der Waals surface area contributed by atoms with Gasteiger partial charge in [-0.2, -0.15) is 15.0 Å². The third-order valence-corrected chi connectivity index (χ3v) is 3.80. The van der Waals surface area contributed by atoms with Crippen molar-refractivity contribution in [2.75, 3.05) is 11.1 Å². The zero-order chi connectivity index (χ0) is 16.9. The van der Waals surface area contributed by atoms with Gasteiger partial charge in [-0.3, -0.25) is 0 Å². The lowest BCUT2D eigenvalue weighted by molar-refractivity contribution is 0.296. The van der Waals surface area contributed by atoms with Crippen LogP contribution in [0.4, 0.5) is 17.6 Å². The molecule has 0 unspecified atom stereocenters. The molecule has 0 aliphatic heterocycles. The Kier molecular flexibility index (Phi) is 4.98. The molecule has 24 heavy (non-hydrogen) atoms. The maximum absolute atomic E-state index is 6.08. The van der Waals surface area contributed by atoms with Crippen LogP contribution in [0.15, 0.2) is 48.5 Å². The van der Waals surface area contributed by atoms with Crippen molar-refractivity contribution in [1.29, 1.82) is 0 Å². The molecule has 122 valence electrons. The van der Waals surface area contributed by atoms with Gasteiger partial charge in [0, 0.05) is 5.69 Å². The summed E-state index contributed by atoms with van der Waals surface area (Å²) >= 11 is 12.0. The Hall–Kier alpha value is -2.57. The summed E-state index contributed by atoms with van der Waals surface area (Å²) in [5.74, 6) is 1.25. The molecule has 0 spiro atoms. The molecule has 1 heterocycles. The standard InChI is InChI=1S/C16H13Cl2N5O/c17-11-7-4-8-12(14(11)18)24-9-13-21-15(19)23-16(22-13)20-10-5-2-1-3-6-10/h1-8H,9H2,(H3,19,20,21,22,23). The van der Waals surface area contributed by atoms with E-state index in [4.69, 9.17) is 33.7 Å². The van der Waals surface area contributed by atoms with E-state index in [-0.39, 0.29) is 12.6 Å². The first-order valence-corrected chi connectivity index (χ1v) is 7.77. The Morgan fingerprint density at radius 2 is 1.75 bits per heavy atom. The second-order valence-electron chi connectivity index (χ2n) is 4.77. The van der Waals surface area contributed by atoms with Crippen molar-refractivity contribution in [2.45, 2.75) is 6.61 Å². The number of hydrogen-bond donors (Lipinski definition) is 2. The van der Waals surface area contributed by atoms with Crippen molar-refractivity contribution in [2.24, 2.45) is 0 Å². The van der Waals surface area contributed by atoms with Crippen LogP contribution in [0.1, 0.15) is 5.82 Å². The minimum atomic E-state index is 0.0796. The molecule has 0 aliphatic carbocycles. The van der Waals surface area contributed by atoms with Crippen molar-refractivity contribution < 1.29 is 4.74 Å². The highest BCUT2D eigenvalue weighted by Crippen LogP contribution is 2.31. The van der Waals surface area contributed by atoms with E-state index in [0.29, 0.717) is 27.6 Å². The molecule has 3 aromatic rings. The van der Waals surface area contributed by atoms with Crippen LogP contribution < -0.4 is 15.8 Å². The van der Waals surface area contributed by atoms with Gasteiger partial charge in [0.15, 0.2) is 5.82 Å². The fourth-order valence-electron chi connectivity index (χ4n) is 1.95. The highest BCUT2D eigenvalue weighted by molar-refractivity contribution is 6.42. The quantitative estimate of drug-likeness (QED) is 0.711. The SMILES string of the molecule is Nc1nc(COc2cccc(Cl)c2Cl)nc(Nc2ccccc2)n1. The lowest BCUT2D eigenvalue weighted by Gasteiger charge is -2.10. The third-order valence-electron chi connectivity index (χ3n) is 3.00. The molecule has 0 bridgehead atoms. The number of hydrogen-bond acceptors (Lipinski definition) is 6. The number of nitrogens with zero attached hydrogens (tertiary/aromatic N) is 3. The van der Waals surface area contributed by atoms with Gasteiger partial charge in [-0.05, 0) is 24.3 Å². The summed E-state index contributed by atoms with van der Waals surface area (Å²) in [6.45, 7) is 0.0796. The summed E-state index contributed by atoms with van der Waals surface area (Å²) in [6, 6.07) is 14.6. The van der Waals surface area contributed by atoms with Crippen LogP contribution in [-0.2, 0) is 6.61 Å². The van der Waals surface area contributed by atoms with Crippen LogP contribution in [0, 0.1) is 0 Å². The van der Waals surface area contributed by atoms with Gasteiger partial charge < -0.3 is 15.8 Å². The monoisotopic (exact) mass is 361 g/mol. The topological polar surface area (TPSA) is 86.0 Å². The fraction of sp³-hybridized carbons (Fsp3) is 0.0625. The zero-order valence-electron chi connectivity index (χ0n) is 12.4. The Balaban J connectivity index is 1.75. The molecule has 6 nitrogen and oxygen atoms in total. The van der Waals surface area contributed by atoms with Crippen molar-refractivity contribution in [3.05, 3.63) is 64.4 Å². The average Bonchev–Trinajstić information content (AvgIpc) is 2.57. The van der Waals surface area contributed by atoms with Crippen LogP contribution in [0.2, 0.25) is 10.0 Å². The molecule has 8 heteroatoms. The lowest BCUT2D eigenvalue weighted by atomic mass is 10.3. The molecular weight excluding hydrogens is 349 g/mol. The predicted molar refractivity (Wildman–Crippen MR) is 94.8 cm³/mol. The molecule has 0 aliphatic rings. The van der Waals surface area contributed by atoms with Gasteiger partial charge in [0.1, 0.15) is 17.4 Å². The van der Waals surface area contributed by atoms with E-state index in [1.807, 2.05) is 30.3 Å². The number of benzene rings is 2. The average molecular weight is 362 g/mol. The first-order valence-electron chi connectivity index (χ1n) is 7.01. The normalized spacial score (nSPS) is 10.4. The Morgan fingerprint density at radius 1 is 0.958 bits per heavy atom. The van der Waals surface area contributed by atoms with E-state index in [0.717, 1.165) is 5.69 Å². The van der Waals surface area contributed by atoms with Crippen LogP contribution in [0.3, 0.4) is 0 Å². The molecule has 2 aromatic carbocycles. The largest absolute Gasteiger partial charge is 0.484 e. The molecule has 0 atom stereocenters. The maximum atomic E-state index is 6.08. The van der Waals surface area contributed by atoms with E-state index in [2.05, 4.69) is 20.3 Å².